The number of nitrogens with zero attached hydrogens (tertiary/aromatic N) is 2. The number of aliphatic hydroxyl groups is 1. The first kappa shape index (κ1) is 41.0. The molecule has 0 aromatic heterocycles. The highest BCUT2D eigenvalue weighted by Gasteiger charge is 2.61. The van der Waals surface area contributed by atoms with Gasteiger partial charge in [0.2, 0.25) is 6.79 Å². The maximum absolute atomic E-state index is 14.8. The van der Waals surface area contributed by atoms with Crippen LogP contribution in [-0.4, -0.2) is 102 Å². The van der Waals surface area contributed by atoms with Crippen LogP contribution in [0.15, 0.2) is 18.2 Å². The number of hydrogen-bond acceptors (Lipinski definition) is 15. The van der Waals surface area contributed by atoms with Gasteiger partial charge < -0.3 is 43.7 Å². The fraction of sp³-hybridized carbons (Fsp3) is 0.556. The van der Waals surface area contributed by atoms with Gasteiger partial charge in [-0.1, -0.05) is 38.7 Å². The monoisotopic (exact) mass is 845 g/mol. The zero-order chi connectivity index (χ0) is 42.2. The molecular formula is C45H55N3O11S. The number of ether oxygens (including phenoxy) is 6. The molecule has 7 heterocycles. The van der Waals surface area contributed by atoms with Gasteiger partial charge in [0.05, 0.1) is 37.6 Å². The quantitative estimate of drug-likeness (QED) is 0.117. The second kappa shape index (κ2) is 15.8. The third kappa shape index (κ3) is 6.20. The van der Waals surface area contributed by atoms with Gasteiger partial charge in [-0.2, -0.15) is 0 Å². The molecule has 2 fully saturated rings. The van der Waals surface area contributed by atoms with Gasteiger partial charge in [0, 0.05) is 47.0 Å². The highest BCUT2D eigenvalue weighted by Crippen LogP contribution is 2.64. The number of nitrogens with one attached hydrogen (secondary N) is 1. The molecule has 0 radical (unpaired) electrons. The lowest BCUT2D eigenvalue weighted by atomic mass is 9.73. The molecule has 7 aliphatic heterocycles. The first-order chi connectivity index (χ1) is 28.9. The third-order valence-electron chi connectivity index (χ3n) is 13.7. The predicted molar refractivity (Wildman–Crippen MR) is 222 cm³/mol. The average Bonchev–Trinajstić information content (AvgIpc) is 3.72. The summed E-state index contributed by atoms with van der Waals surface area (Å²) in [5.74, 6) is 1.24. The van der Waals surface area contributed by atoms with Gasteiger partial charge in [0.25, 0.3) is 0 Å². The van der Waals surface area contributed by atoms with Gasteiger partial charge >= 0.3 is 11.9 Å². The third-order valence-corrected chi connectivity index (χ3v) is 15.2. The van der Waals surface area contributed by atoms with Gasteiger partial charge in [0.1, 0.15) is 18.6 Å². The van der Waals surface area contributed by atoms with Gasteiger partial charge in [0.15, 0.2) is 40.0 Å². The van der Waals surface area contributed by atoms with Crippen LogP contribution in [0.3, 0.4) is 0 Å². The van der Waals surface area contributed by atoms with Crippen molar-refractivity contribution in [1.82, 2.24) is 15.1 Å². The SMILES string of the molecule is CCCCCCCC(=O)Oc1c(C)c2c(c3c1[C@H]1SC[C@]4(NCCc5cc(O)c(OC)cc54)C(=O)OC[C@H]3N3C1[C@@H]1c4c(cc(C)c(OC)c4O)C[C@H]([C@@H]3O)N1C)OCO2. The number of esters is 2. The number of unbranched alkanes of at least 4 members (excludes halogenated alkanes) is 4. The predicted octanol–water partition coefficient (Wildman–Crippen LogP) is 5.75. The number of likely N-dealkylation sites (N-methyl/N-ethyl adjacent to an activating group) is 1. The minimum atomic E-state index is -1.36. The van der Waals surface area contributed by atoms with Gasteiger partial charge in [-0.15, -0.1) is 11.8 Å². The number of thioether (sulfide) groups is 1. The second-order valence-electron chi connectivity index (χ2n) is 17.0. The summed E-state index contributed by atoms with van der Waals surface area (Å²) in [4.78, 5) is 33.0. The number of rotatable bonds is 9. The number of aliphatic hydroxyl groups excluding tert-OH is 1. The van der Waals surface area contributed by atoms with Crippen LogP contribution in [0.1, 0.15) is 107 Å². The molecule has 7 aliphatic rings. The van der Waals surface area contributed by atoms with Crippen molar-refractivity contribution < 1.29 is 53.3 Å². The molecule has 4 N–H and O–H groups in total. The summed E-state index contributed by atoms with van der Waals surface area (Å²) in [5.41, 5.74) is 4.48. The Hall–Kier alpha value is -4.41. The summed E-state index contributed by atoms with van der Waals surface area (Å²) in [6, 6.07) is 3.17. The molecule has 15 heteroatoms. The Kier molecular flexibility index (Phi) is 10.8. The molecule has 4 bridgehead atoms. The van der Waals surface area contributed by atoms with E-state index >= 15 is 0 Å². The van der Waals surface area contributed by atoms with E-state index in [-0.39, 0.29) is 48.8 Å². The van der Waals surface area contributed by atoms with Crippen LogP contribution in [0.25, 0.3) is 0 Å². The lowest BCUT2D eigenvalue weighted by Crippen LogP contribution is -2.70. The van der Waals surface area contributed by atoms with Crippen LogP contribution >= 0.6 is 11.8 Å². The van der Waals surface area contributed by atoms with Crippen molar-refractivity contribution in [2.45, 2.75) is 113 Å². The first-order valence-electron chi connectivity index (χ1n) is 21.1. The highest BCUT2D eigenvalue weighted by atomic mass is 32.2. The normalized spacial score (nSPS) is 27.7. The van der Waals surface area contributed by atoms with E-state index in [2.05, 4.69) is 17.1 Å². The number of phenolic OH excluding ortho intramolecular Hbond substituents is 2. The molecule has 14 nitrogen and oxygen atoms in total. The molecule has 2 saturated heterocycles. The molecule has 0 amide bonds. The van der Waals surface area contributed by atoms with Gasteiger partial charge in [-0.05, 0) is 74.5 Å². The van der Waals surface area contributed by atoms with E-state index in [0.29, 0.717) is 76.6 Å². The summed E-state index contributed by atoms with van der Waals surface area (Å²) < 4.78 is 36.7. The number of benzene rings is 3. The zero-order valence-electron chi connectivity index (χ0n) is 35.1. The van der Waals surface area contributed by atoms with E-state index in [0.717, 1.165) is 42.4 Å². The van der Waals surface area contributed by atoms with Crippen molar-refractivity contribution in [2.24, 2.45) is 0 Å². The first-order valence-corrected chi connectivity index (χ1v) is 22.2. The van der Waals surface area contributed by atoms with E-state index in [1.54, 1.807) is 19.2 Å². The van der Waals surface area contributed by atoms with Crippen molar-refractivity contribution in [3.8, 4) is 40.2 Å². The number of phenols is 2. The Balaban J connectivity index is 1.27. The molecule has 1 spiro atoms. The molecule has 322 valence electrons. The van der Waals surface area contributed by atoms with Crippen molar-refractivity contribution in [3.05, 3.63) is 62.7 Å². The molecule has 3 aromatic rings. The van der Waals surface area contributed by atoms with Gasteiger partial charge in [-0.25, -0.2) is 4.79 Å². The molecule has 60 heavy (non-hydrogen) atoms. The largest absolute Gasteiger partial charge is 0.504 e. The van der Waals surface area contributed by atoms with E-state index in [9.17, 15) is 24.9 Å². The van der Waals surface area contributed by atoms with Crippen molar-refractivity contribution >= 4 is 23.7 Å². The maximum Gasteiger partial charge on any atom is 0.331 e. The fourth-order valence-corrected chi connectivity index (χ4v) is 12.6. The summed E-state index contributed by atoms with van der Waals surface area (Å²) in [5, 5.41) is 38.6. The van der Waals surface area contributed by atoms with Crippen LogP contribution < -0.4 is 29.0 Å². The number of aromatic hydroxyl groups is 2. The zero-order valence-corrected chi connectivity index (χ0v) is 35.9. The lowest BCUT2D eigenvalue weighted by Gasteiger charge is -2.62. The van der Waals surface area contributed by atoms with E-state index in [1.807, 2.05) is 31.9 Å². The summed E-state index contributed by atoms with van der Waals surface area (Å²) in [6.07, 6.45) is 5.07. The van der Waals surface area contributed by atoms with Crippen LogP contribution in [0.5, 0.6) is 40.2 Å². The molecule has 3 aromatic carbocycles. The van der Waals surface area contributed by atoms with Crippen molar-refractivity contribution in [1.29, 1.82) is 0 Å². The standard InChI is InChI=1S/C45H55N3O11S/c1-7-8-9-10-11-12-31(50)59-39-23(3)40-41(58-21-57-40)33-28-19-56-44(53)45(26-18-30(54-5)29(49)17-24(26)13-14-46-45)20-60-42(34(33)39)36-35-32-25(15-22(2)38(55-6)37(32)51)16-27(47(35)4)43(52)48(28)36/h15,17-18,27-28,35-36,42-43,46,49,51-52H,7-14,16,19-21H2,1-6H3/t27-,28-,35+,36?,42-,43+,45-/m1/s1. The van der Waals surface area contributed by atoms with Crippen LogP contribution in [-0.2, 0) is 32.7 Å². The Bertz CT molecular complexity index is 2230. The number of methoxy groups -OCH3 is 2. The second-order valence-corrected chi connectivity index (χ2v) is 18.1. The summed E-state index contributed by atoms with van der Waals surface area (Å²) >= 11 is 1.49. The molecule has 0 saturated carbocycles. The number of hydrogen-bond donors (Lipinski definition) is 4. The molecule has 1 unspecified atom stereocenters. The fourth-order valence-electron chi connectivity index (χ4n) is 10.9. The molecule has 10 rings (SSSR count). The molecular weight excluding hydrogens is 791 g/mol. The number of carbonyl (C=O) groups is 2. The Morgan fingerprint density at radius 2 is 1.77 bits per heavy atom. The molecule has 0 aliphatic carbocycles. The van der Waals surface area contributed by atoms with Crippen LogP contribution in [0.2, 0.25) is 0 Å². The van der Waals surface area contributed by atoms with E-state index in [4.69, 9.17) is 28.4 Å². The summed E-state index contributed by atoms with van der Waals surface area (Å²) in [7, 11) is 5.00. The van der Waals surface area contributed by atoms with Crippen molar-refractivity contribution in [2.75, 3.05) is 47.0 Å². The van der Waals surface area contributed by atoms with Gasteiger partial charge in [-0.3, -0.25) is 19.9 Å². The number of piperazine rings is 1. The number of fused-ring (bicyclic) bond motifs is 9. The number of aryl methyl sites for hydroxylation is 1. The maximum atomic E-state index is 14.8. The van der Waals surface area contributed by atoms with E-state index in [1.165, 1.54) is 18.9 Å². The minimum Gasteiger partial charge on any atom is -0.504 e. The van der Waals surface area contributed by atoms with Crippen LogP contribution in [0, 0.1) is 13.8 Å². The van der Waals surface area contributed by atoms with E-state index < -0.39 is 47.2 Å². The topological polar surface area (TPSA) is 169 Å². The van der Waals surface area contributed by atoms with Crippen LogP contribution in [0.4, 0.5) is 0 Å². The average molecular weight is 846 g/mol. The lowest BCUT2D eigenvalue weighted by molar-refractivity contribution is -0.186. The minimum absolute atomic E-state index is 0.0172. The highest BCUT2D eigenvalue weighted by molar-refractivity contribution is 7.99. The van der Waals surface area contributed by atoms with Crippen molar-refractivity contribution in [3.63, 3.8) is 0 Å². The Labute approximate surface area is 354 Å². The Morgan fingerprint density at radius 1 is 0.983 bits per heavy atom. The number of carbonyl (C=O) groups excluding carboxylic acids is 2. The molecule has 7 atom stereocenters. The summed E-state index contributed by atoms with van der Waals surface area (Å²) in [6.45, 7) is 6.14. The smallest absolute Gasteiger partial charge is 0.331 e. The Morgan fingerprint density at radius 3 is 2.53 bits per heavy atom.